The number of likely N-dealkylation sites (N-methyl/N-ethyl adjacent to an activating group) is 1. The van der Waals surface area contributed by atoms with Crippen molar-refractivity contribution in [1.29, 1.82) is 0 Å². The van der Waals surface area contributed by atoms with Gasteiger partial charge in [0.15, 0.2) is 0 Å². The van der Waals surface area contributed by atoms with E-state index in [-0.39, 0.29) is 12.5 Å². The van der Waals surface area contributed by atoms with Gasteiger partial charge in [-0.15, -0.1) is 0 Å². The zero-order valence-electron chi connectivity index (χ0n) is 11.0. The first-order valence-electron chi connectivity index (χ1n) is 5.81. The van der Waals surface area contributed by atoms with Crippen LogP contribution in [0.1, 0.15) is 28.4 Å². The molecule has 0 saturated heterocycles. The second-order valence-electron chi connectivity index (χ2n) is 4.31. The van der Waals surface area contributed by atoms with Crippen molar-refractivity contribution in [1.82, 2.24) is 4.90 Å². The zero-order valence-corrected chi connectivity index (χ0v) is 11.0. The van der Waals surface area contributed by atoms with Gasteiger partial charge in [-0.2, -0.15) is 0 Å². The molecular weight excluding hydrogens is 230 g/mol. The molecule has 0 atom stereocenters. The Hall–Kier alpha value is -2.04. The molecule has 0 saturated carbocycles. The normalized spacial score (nSPS) is 10.2. The number of nitrogens with two attached hydrogens (primary N) is 2. The van der Waals surface area contributed by atoms with E-state index in [4.69, 9.17) is 11.5 Å². The maximum atomic E-state index is 12.3. The lowest BCUT2D eigenvalue weighted by Gasteiger charge is -2.20. The summed E-state index contributed by atoms with van der Waals surface area (Å²) < 4.78 is 0. The topological polar surface area (TPSA) is 89.4 Å². The Morgan fingerprint density at radius 1 is 1.22 bits per heavy atom. The van der Waals surface area contributed by atoms with Crippen molar-refractivity contribution in [3.8, 4) is 0 Å². The fourth-order valence-electron chi connectivity index (χ4n) is 1.79. The zero-order chi connectivity index (χ0) is 13.9. The van der Waals surface area contributed by atoms with Crippen LogP contribution in [-0.2, 0) is 4.79 Å². The monoisotopic (exact) mass is 249 g/mol. The first-order valence-corrected chi connectivity index (χ1v) is 5.81. The van der Waals surface area contributed by atoms with Crippen molar-refractivity contribution in [3.63, 3.8) is 0 Å². The second kappa shape index (κ2) is 5.53. The Bertz CT molecular complexity index is 483. The van der Waals surface area contributed by atoms with Crippen molar-refractivity contribution in [3.05, 3.63) is 28.8 Å². The maximum absolute atomic E-state index is 12.3. The maximum Gasteiger partial charge on any atom is 0.254 e. The molecule has 0 aliphatic heterocycles. The lowest BCUT2D eigenvalue weighted by atomic mass is 10.0. The lowest BCUT2D eigenvalue weighted by Crippen LogP contribution is -2.38. The van der Waals surface area contributed by atoms with Crippen molar-refractivity contribution in [2.75, 3.05) is 18.8 Å². The third-order valence-corrected chi connectivity index (χ3v) is 2.86. The van der Waals surface area contributed by atoms with Gasteiger partial charge in [-0.25, -0.2) is 0 Å². The molecule has 5 nitrogen and oxygen atoms in total. The fourth-order valence-corrected chi connectivity index (χ4v) is 1.79. The number of primary amides is 1. The number of benzene rings is 1. The molecule has 2 amide bonds. The number of hydrogen-bond donors (Lipinski definition) is 2. The summed E-state index contributed by atoms with van der Waals surface area (Å²) >= 11 is 0. The van der Waals surface area contributed by atoms with E-state index in [0.29, 0.717) is 17.8 Å². The minimum absolute atomic E-state index is 0.0808. The molecule has 0 aliphatic carbocycles. The van der Waals surface area contributed by atoms with Gasteiger partial charge in [0.2, 0.25) is 5.91 Å². The molecule has 0 fully saturated rings. The molecule has 0 aromatic heterocycles. The third kappa shape index (κ3) is 3.00. The van der Waals surface area contributed by atoms with Crippen LogP contribution in [-0.4, -0.2) is 29.8 Å². The van der Waals surface area contributed by atoms with E-state index in [1.165, 1.54) is 4.90 Å². The molecule has 0 aliphatic rings. The highest BCUT2D eigenvalue weighted by atomic mass is 16.2. The summed E-state index contributed by atoms with van der Waals surface area (Å²) in [4.78, 5) is 24.6. The first kappa shape index (κ1) is 14.0. The van der Waals surface area contributed by atoms with Gasteiger partial charge in [0.05, 0.1) is 6.54 Å². The average molecular weight is 249 g/mol. The Kier molecular flexibility index (Phi) is 4.31. The predicted octanol–water partition coefficient (Wildman–Crippen LogP) is 0.833. The van der Waals surface area contributed by atoms with Gasteiger partial charge >= 0.3 is 0 Å². The van der Waals surface area contributed by atoms with E-state index in [9.17, 15) is 9.59 Å². The van der Waals surface area contributed by atoms with Gasteiger partial charge in [0, 0.05) is 17.8 Å². The number of anilines is 1. The van der Waals surface area contributed by atoms with Gasteiger partial charge in [-0.05, 0) is 38.0 Å². The average Bonchev–Trinajstić information content (AvgIpc) is 2.29. The van der Waals surface area contributed by atoms with Crippen LogP contribution in [0.3, 0.4) is 0 Å². The smallest absolute Gasteiger partial charge is 0.254 e. The molecule has 5 heteroatoms. The molecular formula is C13H19N3O2. The summed E-state index contributed by atoms with van der Waals surface area (Å²) in [7, 11) is 0. The summed E-state index contributed by atoms with van der Waals surface area (Å²) in [6.07, 6.45) is 0. The van der Waals surface area contributed by atoms with E-state index >= 15 is 0 Å². The van der Waals surface area contributed by atoms with E-state index in [1.807, 2.05) is 19.9 Å². The number of nitrogens with zero attached hydrogens (tertiary/aromatic N) is 1. The number of aryl methyl sites for hydroxylation is 2. The van der Waals surface area contributed by atoms with E-state index < -0.39 is 5.91 Å². The Balaban J connectivity index is 3.09. The second-order valence-corrected chi connectivity index (χ2v) is 4.31. The summed E-state index contributed by atoms with van der Waals surface area (Å²) in [5.74, 6) is -0.747. The summed E-state index contributed by atoms with van der Waals surface area (Å²) in [5.41, 5.74) is 13.8. The summed E-state index contributed by atoms with van der Waals surface area (Å²) in [5, 5.41) is 0. The highest BCUT2D eigenvalue weighted by Gasteiger charge is 2.18. The number of carbonyl (C=O) groups is 2. The number of hydrogen-bond acceptors (Lipinski definition) is 3. The molecule has 0 unspecified atom stereocenters. The Morgan fingerprint density at radius 2 is 1.83 bits per heavy atom. The standard InChI is InChI=1S/C13H19N3O2/c1-4-16(7-12(15)17)13(18)10-6-11(14)9(3)5-8(10)2/h5-6H,4,7,14H2,1-3H3,(H2,15,17). The third-order valence-electron chi connectivity index (χ3n) is 2.86. The molecule has 0 heterocycles. The molecule has 98 valence electrons. The number of carbonyl (C=O) groups excluding carboxylic acids is 2. The van der Waals surface area contributed by atoms with Crippen molar-refractivity contribution in [2.24, 2.45) is 5.73 Å². The summed E-state index contributed by atoms with van der Waals surface area (Å²) in [6, 6.07) is 3.51. The molecule has 0 bridgehead atoms. The molecule has 1 rings (SSSR count). The van der Waals surface area contributed by atoms with Crippen LogP contribution in [0.25, 0.3) is 0 Å². The first-order chi connectivity index (χ1) is 8.36. The van der Waals surface area contributed by atoms with E-state index in [1.54, 1.807) is 13.0 Å². The van der Waals surface area contributed by atoms with Gasteiger partial charge in [0.1, 0.15) is 0 Å². The Morgan fingerprint density at radius 3 is 2.33 bits per heavy atom. The quantitative estimate of drug-likeness (QED) is 0.774. The van der Waals surface area contributed by atoms with Gasteiger partial charge in [0.25, 0.3) is 5.91 Å². The van der Waals surface area contributed by atoms with Crippen LogP contribution < -0.4 is 11.5 Å². The van der Waals surface area contributed by atoms with Crippen molar-refractivity contribution >= 4 is 17.5 Å². The van der Waals surface area contributed by atoms with Crippen LogP contribution in [0.15, 0.2) is 12.1 Å². The molecule has 18 heavy (non-hydrogen) atoms. The van der Waals surface area contributed by atoms with Crippen LogP contribution in [0.5, 0.6) is 0 Å². The minimum atomic E-state index is -0.525. The summed E-state index contributed by atoms with van der Waals surface area (Å²) in [6.45, 7) is 5.88. The van der Waals surface area contributed by atoms with Gasteiger partial charge in [-0.3, -0.25) is 9.59 Å². The predicted molar refractivity (Wildman–Crippen MR) is 71.1 cm³/mol. The lowest BCUT2D eigenvalue weighted by molar-refractivity contribution is -0.118. The fraction of sp³-hybridized carbons (Fsp3) is 0.385. The van der Waals surface area contributed by atoms with E-state index in [0.717, 1.165) is 11.1 Å². The van der Waals surface area contributed by atoms with Crippen LogP contribution in [0, 0.1) is 13.8 Å². The number of nitrogen functional groups attached to an aromatic ring is 1. The SMILES string of the molecule is CCN(CC(N)=O)C(=O)c1cc(N)c(C)cc1C. The van der Waals surface area contributed by atoms with Crippen LogP contribution >= 0.6 is 0 Å². The Labute approximate surface area is 107 Å². The molecule has 0 spiro atoms. The molecule has 0 radical (unpaired) electrons. The van der Waals surface area contributed by atoms with Crippen LogP contribution in [0.2, 0.25) is 0 Å². The van der Waals surface area contributed by atoms with Crippen molar-refractivity contribution in [2.45, 2.75) is 20.8 Å². The van der Waals surface area contributed by atoms with Crippen LogP contribution in [0.4, 0.5) is 5.69 Å². The minimum Gasteiger partial charge on any atom is -0.398 e. The number of amides is 2. The molecule has 4 N–H and O–H groups in total. The van der Waals surface area contributed by atoms with E-state index in [2.05, 4.69) is 0 Å². The highest BCUT2D eigenvalue weighted by Crippen LogP contribution is 2.19. The molecule has 1 aromatic rings. The van der Waals surface area contributed by atoms with Crippen molar-refractivity contribution < 1.29 is 9.59 Å². The highest BCUT2D eigenvalue weighted by molar-refractivity contribution is 5.98. The number of rotatable bonds is 4. The molecule has 1 aromatic carbocycles. The van der Waals surface area contributed by atoms with Gasteiger partial charge in [-0.1, -0.05) is 6.07 Å². The largest absolute Gasteiger partial charge is 0.398 e. The van der Waals surface area contributed by atoms with Gasteiger partial charge < -0.3 is 16.4 Å².